The number of carbonyl (C=O) groups excluding carboxylic acids is 3. The number of rotatable bonds is 1. The Balaban J connectivity index is 0.000000312. The maximum atomic E-state index is 11.9. The molecule has 2 N–H and O–H groups in total. The fourth-order valence-electron chi connectivity index (χ4n) is 3.55. The summed E-state index contributed by atoms with van der Waals surface area (Å²) in [5.41, 5.74) is 0.295. The highest BCUT2D eigenvalue weighted by atomic mass is 16.5. The largest absolute Gasteiger partial charge is 0.504 e. The molecule has 0 bridgehead atoms. The van der Waals surface area contributed by atoms with Crippen molar-refractivity contribution in [2.45, 2.75) is 73.5 Å². The summed E-state index contributed by atoms with van der Waals surface area (Å²) in [6, 6.07) is 7.76. The molecule has 2 aliphatic rings. The second-order valence-electron chi connectivity index (χ2n) is 9.00. The van der Waals surface area contributed by atoms with Gasteiger partial charge < -0.3 is 19.7 Å². The van der Waals surface area contributed by atoms with Crippen LogP contribution in [-0.2, 0) is 0 Å². The van der Waals surface area contributed by atoms with Gasteiger partial charge in [0.25, 0.3) is 0 Å². The van der Waals surface area contributed by atoms with Gasteiger partial charge in [-0.15, -0.1) is 0 Å². The number of benzene rings is 2. The number of phenolic OH excluding ortho intramolecular Hbond substituents is 2. The summed E-state index contributed by atoms with van der Waals surface area (Å²) >= 11 is 0. The van der Waals surface area contributed by atoms with E-state index < -0.39 is 11.2 Å². The van der Waals surface area contributed by atoms with Gasteiger partial charge in [0.2, 0.25) is 5.75 Å². The first-order valence-corrected chi connectivity index (χ1v) is 9.94. The van der Waals surface area contributed by atoms with Crippen LogP contribution in [0.2, 0.25) is 0 Å². The lowest BCUT2D eigenvalue weighted by Crippen LogP contribution is -2.35. The van der Waals surface area contributed by atoms with Gasteiger partial charge >= 0.3 is 0 Å². The van der Waals surface area contributed by atoms with Crippen LogP contribution in [0.1, 0.15) is 93.4 Å². The van der Waals surface area contributed by atoms with Crippen molar-refractivity contribution in [3.8, 4) is 23.0 Å². The van der Waals surface area contributed by atoms with E-state index in [-0.39, 0.29) is 55.9 Å². The van der Waals surface area contributed by atoms with Crippen LogP contribution in [0, 0.1) is 0 Å². The van der Waals surface area contributed by atoms with Crippen molar-refractivity contribution in [3.63, 3.8) is 0 Å². The van der Waals surface area contributed by atoms with E-state index in [9.17, 15) is 24.6 Å². The third kappa shape index (κ3) is 5.92. The molecule has 2 aromatic rings. The number of aromatic hydroxyl groups is 2. The van der Waals surface area contributed by atoms with Crippen molar-refractivity contribution in [3.05, 3.63) is 47.0 Å². The molecule has 0 aromatic heterocycles. The highest BCUT2D eigenvalue weighted by Gasteiger charge is 2.35. The summed E-state index contributed by atoms with van der Waals surface area (Å²) in [5.74, 6) is -0.0818. The highest BCUT2D eigenvalue weighted by molar-refractivity contribution is 6.03. The summed E-state index contributed by atoms with van der Waals surface area (Å²) in [6.07, 6.45) is 0.617. The Morgan fingerprint density at radius 3 is 1.97 bits per heavy atom. The summed E-state index contributed by atoms with van der Waals surface area (Å²) in [4.78, 5) is 34.8. The van der Waals surface area contributed by atoms with Crippen molar-refractivity contribution >= 4 is 17.3 Å². The molecule has 0 atom stereocenters. The van der Waals surface area contributed by atoms with Gasteiger partial charge in [-0.25, -0.2) is 0 Å². The zero-order valence-corrected chi connectivity index (χ0v) is 18.2. The normalized spacial score (nSPS) is 16.8. The zero-order valence-electron chi connectivity index (χ0n) is 18.2. The minimum Gasteiger partial charge on any atom is -0.504 e. The molecule has 2 aliphatic heterocycles. The van der Waals surface area contributed by atoms with E-state index in [0.717, 1.165) is 0 Å². The third-order valence-electron chi connectivity index (χ3n) is 5.03. The average Bonchev–Trinajstić information content (AvgIpc) is 2.63. The summed E-state index contributed by atoms with van der Waals surface area (Å²) in [7, 11) is 0. The quantitative estimate of drug-likeness (QED) is 0.414. The number of carbonyl (C=O) groups is 3. The molecule has 33 heavy (non-hydrogen) atoms. The van der Waals surface area contributed by atoms with Gasteiger partial charge in [-0.1, -0.05) is 14.9 Å². The highest BCUT2D eigenvalue weighted by Crippen LogP contribution is 2.44. The Bertz CT molecular complexity index is 1080. The Hall–Kier alpha value is -3.35. The van der Waals surface area contributed by atoms with Crippen molar-refractivity contribution in [2.75, 3.05) is 0 Å². The summed E-state index contributed by atoms with van der Waals surface area (Å²) in [5, 5.41) is 18.9. The number of hydrogen-bond donors (Lipinski definition) is 2. The molecule has 180 valence electrons. The average molecular weight is 459 g/mol. The van der Waals surface area contributed by atoms with Crippen LogP contribution in [-0.4, -0.2) is 38.8 Å². The fraction of sp³-hybridized carbons (Fsp3) is 0.423. The van der Waals surface area contributed by atoms with E-state index in [1.807, 2.05) is 13.8 Å². The molecule has 2 heterocycles. The first kappa shape index (κ1) is 27.7. The molecule has 7 heteroatoms. The minimum absolute atomic E-state index is 0. The Kier molecular flexibility index (Phi) is 8.09. The van der Waals surface area contributed by atoms with E-state index in [0.29, 0.717) is 28.9 Å². The lowest BCUT2D eigenvalue weighted by molar-refractivity contribution is 0.0593. The topological polar surface area (TPSA) is 110 Å². The van der Waals surface area contributed by atoms with E-state index in [1.165, 1.54) is 19.1 Å². The predicted octanol–water partition coefficient (Wildman–Crippen LogP) is 5.75. The van der Waals surface area contributed by atoms with Crippen LogP contribution in [0.5, 0.6) is 23.0 Å². The molecule has 2 aromatic carbocycles. The maximum absolute atomic E-state index is 11.9. The van der Waals surface area contributed by atoms with Crippen LogP contribution < -0.4 is 9.47 Å². The van der Waals surface area contributed by atoms with Crippen molar-refractivity contribution in [1.29, 1.82) is 0 Å². The van der Waals surface area contributed by atoms with E-state index in [1.54, 1.807) is 32.0 Å². The van der Waals surface area contributed by atoms with Crippen LogP contribution in [0.3, 0.4) is 0 Å². The number of fused-ring (bicyclic) bond motifs is 2. The van der Waals surface area contributed by atoms with Crippen molar-refractivity contribution in [1.82, 2.24) is 0 Å². The number of ether oxygens (including phenoxy) is 2. The SMILES string of the molecule is C.C.CC(=O)c1ccc2c(c1)C(=O)CC(C)(C)O2.CC1(C)CC(=O)c2ccc(O)c(O)c2O1. The first-order valence-electron chi connectivity index (χ1n) is 9.94. The van der Waals surface area contributed by atoms with Crippen LogP contribution in [0.4, 0.5) is 0 Å². The lowest BCUT2D eigenvalue weighted by Gasteiger charge is -2.31. The summed E-state index contributed by atoms with van der Waals surface area (Å²) < 4.78 is 11.2. The van der Waals surface area contributed by atoms with Gasteiger partial charge in [0.1, 0.15) is 17.0 Å². The standard InChI is InChI=1S/C13H14O3.C11H12O4.2CH4/c1-8(14)9-4-5-12-10(6-9)11(15)7-13(2,3)16-12;1-11(2)5-8(13)6-3-4-7(12)9(14)10(6)15-11;;/h4-6H,7H2,1-3H3;3-4,12,14H,5H2,1-2H3;2*1H4. The molecule has 7 nitrogen and oxygen atoms in total. The maximum Gasteiger partial charge on any atom is 0.201 e. The number of ketones is 3. The molecule has 4 rings (SSSR count). The predicted molar refractivity (Wildman–Crippen MR) is 127 cm³/mol. The van der Waals surface area contributed by atoms with Gasteiger partial charge in [-0.2, -0.15) is 0 Å². The Morgan fingerprint density at radius 2 is 1.39 bits per heavy atom. The molecular weight excluding hydrogens is 424 g/mol. The second kappa shape index (κ2) is 9.65. The Labute approximate surface area is 195 Å². The molecule has 0 amide bonds. The molecule has 0 fully saturated rings. The lowest BCUT2D eigenvalue weighted by atomic mass is 9.92. The van der Waals surface area contributed by atoms with Gasteiger partial charge in [0.15, 0.2) is 28.8 Å². The number of hydrogen-bond acceptors (Lipinski definition) is 7. The van der Waals surface area contributed by atoms with Crippen molar-refractivity contribution in [2.24, 2.45) is 0 Å². The molecular formula is C26H34O7. The number of phenols is 2. The minimum atomic E-state index is -0.643. The van der Waals surface area contributed by atoms with Gasteiger partial charge in [-0.3, -0.25) is 14.4 Å². The van der Waals surface area contributed by atoms with Crippen LogP contribution >= 0.6 is 0 Å². The molecule has 0 radical (unpaired) electrons. The third-order valence-corrected chi connectivity index (χ3v) is 5.03. The molecule has 0 saturated carbocycles. The molecule has 0 unspecified atom stereocenters. The van der Waals surface area contributed by atoms with Crippen molar-refractivity contribution < 1.29 is 34.1 Å². The molecule has 0 aliphatic carbocycles. The van der Waals surface area contributed by atoms with Gasteiger partial charge in [0.05, 0.1) is 24.0 Å². The summed E-state index contributed by atoms with van der Waals surface area (Å²) in [6.45, 7) is 8.77. The first-order chi connectivity index (χ1) is 14.3. The van der Waals surface area contributed by atoms with E-state index in [2.05, 4.69) is 0 Å². The van der Waals surface area contributed by atoms with Crippen LogP contribution in [0.15, 0.2) is 30.3 Å². The Morgan fingerprint density at radius 1 is 0.848 bits per heavy atom. The van der Waals surface area contributed by atoms with Crippen LogP contribution in [0.25, 0.3) is 0 Å². The smallest absolute Gasteiger partial charge is 0.201 e. The van der Waals surface area contributed by atoms with Gasteiger partial charge in [0, 0.05) is 5.56 Å². The van der Waals surface area contributed by atoms with Gasteiger partial charge in [-0.05, 0) is 65.0 Å². The molecule has 0 spiro atoms. The zero-order chi connectivity index (χ0) is 23.1. The second-order valence-corrected chi connectivity index (χ2v) is 9.00. The monoisotopic (exact) mass is 458 g/mol. The molecule has 0 saturated heterocycles. The number of Topliss-reactive ketones (excluding diaryl/α,β-unsaturated/α-hetero) is 3. The van der Waals surface area contributed by atoms with E-state index >= 15 is 0 Å². The van der Waals surface area contributed by atoms with E-state index in [4.69, 9.17) is 9.47 Å². The fourth-order valence-corrected chi connectivity index (χ4v) is 3.55.